The summed E-state index contributed by atoms with van der Waals surface area (Å²) in [6, 6.07) is 4.50. The van der Waals surface area contributed by atoms with Crippen LogP contribution < -0.4 is 5.73 Å². The van der Waals surface area contributed by atoms with Gasteiger partial charge in [0, 0.05) is 0 Å². The number of rotatable bonds is 2. The molecule has 6 heteroatoms. The van der Waals surface area contributed by atoms with Gasteiger partial charge < -0.3 is 5.73 Å². The van der Waals surface area contributed by atoms with Crippen LogP contribution in [0.3, 0.4) is 0 Å². The van der Waals surface area contributed by atoms with Crippen LogP contribution in [0.5, 0.6) is 0 Å². The molecule has 74 valence electrons. The quantitative estimate of drug-likeness (QED) is 0.734. The van der Waals surface area contributed by atoms with Crippen molar-refractivity contribution in [1.29, 1.82) is 5.26 Å². The SMILES string of the molecule is N#CCS(=O)(=O)c1cc(F)ccc1N. The first-order valence-corrected chi connectivity index (χ1v) is 5.27. The molecule has 0 atom stereocenters. The molecule has 2 N–H and O–H groups in total. The molecule has 0 aliphatic rings. The van der Waals surface area contributed by atoms with Crippen molar-refractivity contribution in [3.8, 4) is 6.07 Å². The Morgan fingerprint density at radius 1 is 1.50 bits per heavy atom. The van der Waals surface area contributed by atoms with Crippen LogP contribution >= 0.6 is 0 Å². The summed E-state index contributed by atoms with van der Waals surface area (Å²) >= 11 is 0. The second-order valence-electron chi connectivity index (χ2n) is 2.60. The highest BCUT2D eigenvalue weighted by Crippen LogP contribution is 2.20. The molecule has 0 radical (unpaired) electrons. The predicted octanol–water partition coefficient (Wildman–Crippen LogP) is 0.705. The first-order valence-electron chi connectivity index (χ1n) is 3.62. The summed E-state index contributed by atoms with van der Waals surface area (Å²) in [5.74, 6) is -1.41. The van der Waals surface area contributed by atoms with Gasteiger partial charge in [-0.2, -0.15) is 5.26 Å². The number of halogens is 1. The molecule has 1 aromatic carbocycles. The summed E-state index contributed by atoms with van der Waals surface area (Å²) < 4.78 is 35.4. The Bertz CT molecular complexity index is 491. The Labute approximate surface area is 80.7 Å². The zero-order valence-electron chi connectivity index (χ0n) is 7.07. The topological polar surface area (TPSA) is 84.0 Å². The summed E-state index contributed by atoms with van der Waals surface area (Å²) in [7, 11) is -3.79. The van der Waals surface area contributed by atoms with Crippen molar-refractivity contribution in [2.45, 2.75) is 4.90 Å². The smallest absolute Gasteiger partial charge is 0.193 e. The molecule has 0 spiro atoms. The third-order valence-electron chi connectivity index (χ3n) is 1.57. The molecular formula is C8H7FN2O2S. The van der Waals surface area contributed by atoms with Crippen LogP contribution in [0.4, 0.5) is 10.1 Å². The van der Waals surface area contributed by atoms with Crippen molar-refractivity contribution in [3.05, 3.63) is 24.0 Å². The Morgan fingerprint density at radius 3 is 2.71 bits per heavy atom. The third kappa shape index (κ3) is 2.00. The van der Waals surface area contributed by atoms with Crippen LogP contribution in [0.2, 0.25) is 0 Å². The maximum Gasteiger partial charge on any atom is 0.193 e. The number of anilines is 1. The van der Waals surface area contributed by atoms with E-state index in [1.54, 1.807) is 0 Å². The highest BCUT2D eigenvalue weighted by molar-refractivity contribution is 7.91. The molecule has 14 heavy (non-hydrogen) atoms. The van der Waals surface area contributed by atoms with E-state index in [0.29, 0.717) is 0 Å². The molecule has 0 aliphatic carbocycles. The second kappa shape index (κ2) is 3.64. The van der Waals surface area contributed by atoms with Gasteiger partial charge in [0.1, 0.15) is 11.6 Å². The molecule has 0 saturated carbocycles. The van der Waals surface area contributed by atoms with Gasteiger partial charge >= 0.3 is 0 Å². The lowest BCUT2D eigenvalue weighted by Gasteiger charge is -2.03. The minimum absolute atomic E-state index is 0.0540. The number of nitrogen functional groups attached to an aromatic ring is 1. The molecule has 0 bridgehead atoms. The van der Waals surface area contributed by atoms with Crippen molar-refractivity contribution >= 4 is 15.5 Å². The first-order chi connectivity index (χ1) is 6.47. The molecule has 0 saturated heterocycles. The van der Waals surface area contributed by atoms with Crippen LogP contribution in [0, 0.1) is 17.1 Å². The number of nitrogens with two attached hydrogens (primary N) is 1. The van der Waals surface area contributed by atoms with Crippen LogP contribution in [0.15, 0.2) is 23.1 Å². The number of sulfone groups is 1. The Hall–Kier alpha value is -1.61. The predicted molar refractivity (Wildman–Crippen MR) is 48.5 cm³/mol. The lowest BCUT2D eigenvalue weighted by atomic mass is 10.3. The first kappa shape index (κ1) is 10.5. The van der Waals surface area contributed by atoms with Gasteiger partial charge in [-0.05, 0) is 18.2 Å². The van der Waals surface area contributed by atoms with Crippen molar-refractivity contribution in [3.63, 3.8) is 0 Å². The maximum absolute atomic E-state index is 12.7. The fourth-order valence-corrected chi connectivity index (χ4v) is 1.99. The monoisotopic (exact) mass is 214 g/mol. The average Bonchev–Trinajstić information content (AvgIpc) is 2.09. The Morgan fingerprint density at radius 2 is 2.14 bits per heavy atom. The average molecular weight is 214 g/mol. The lowest BCUT2D eigenvalue weighted by Crippen LogP contribution is -2.08. The lowest BCUT2D eigenvalue weighted by molar-refractivity contribution is 0.594. The van der Waals surface area contributed by atoms with Crippen LogP contribution in [0.25, 0.3) is 0 Å². The van der Waals surface area contributed by atoms with Gasteiger partial charge in [-0.25, -0.2) is 12.8 Å². The van der Waals surface area contributed by atoms with Crippen LogP contribution in [0.1, 0.15) is 0 Å². The van der Waals surface area contributed by atoms with Crippen LogP contribution in [-0.2, 0) is 9.84 Å². The summed E-state index contributed by atoms with van der Waals surface area (Å²) in [5, 5.41) is 8.26. The highest BCUT2D eigenvalue weighted by Gasteiger charge is 2.17. The summed E-state index contributed by atoms with van der Waals surface area (Å²) in [6.07, 6.45) is 0. The molecule has 1 rings (SSSR count). The molecule has 0 aromatic heterocycles. The largest absolute Gasteiger partial charge is 0.398 e. The normalized spacial score (nSPS) is 10.9. The van der Waals surface area contributed by atoms with Gasteiger partial charge in [0.15, 0.2) is 9.84 Å². The fraction of sp³-hybridized carbons (Fsp3) is 0.125. The molecule has 0 fully saturated rings. The molecule has 0 aliphatic heterocycles. The Kier molecular flexibility index (Phi) is 2.72. The minimum Gasteiger partial charge on any atom is -0.398 e. The van der Waals surface area contributed by atoms with Gasteiger partial charge in [0.05, 0.1) is 16.7 Å². The van der Waals surface area contributed by atoms with Gasteiger partial charge in [-0.1, -0.05) is 0 Å². The van der Waals surface area contributed by atoms with Crippen molar-refractivity contribution in [2.24, 2.45) is 0 Å². The van der Waals surface area contributed by atoms with Gasteiger partial charge in [0.25, 0.3) is 0 Å². The van der Waals surface area contributed by atoms with Crippen molar-refractivity contribution < 1.29 is 12.8 Å². The summed E-state index contributed by atoms with van der Waals surface area (Å²) in [5.41, 5.74) is 5.30. The Balaban J connectivity index is 3.33. The number of benzene rings is 1. The molecule has 0 unspecified atom stereocenters. The van der Waals surface area contributed by atoms with E-state index < -0.39 is 21.4 Å². The summed E-state index contributed by atoms with van der Waals surface area (Å²) in [6.45, 7) is 0. The van der Waals surface area contributed by atoms with E-state index in [-0.39, 0.29) is 10.6 Å². The molecule has 1 aromatic rings. The van der Waals surface area contributed by atoms with Crippen molar-refractivity contribution in [2.75, 3.05) is 11.5 Å². The van der Waals surface area contributed by atoms with Gasteiger partial charge in [0.2, 0.25) is 0 Å². The van der Waals surface area contributed by atoms with E-state index in [1.807, 2.05) is 0 Å². The number of nitriles is 1. The maximum atomic E-state index is 12.7. The zero-order valence-corrected chi connectivity index (χ0v) is 7.88. The number of hydrogen-bond donors (Lipinski definition) is 1. The zero-order chi connectivity index (χ0) is 10.8. The minimum atomic E-state index is -3.79. The molecule has 4 nitrogen and oxygen atoms in total. The molecular weight excluding hydrogens is 207 g/mol. The summed E-state index contributed by atoms with van der Waals surface area (Å²) in [4.78, 5) is -0.334. The van der Waals surface area contributed by atoms with Gasteiger partial charge in [-0.3, -0.25) is 0 Å². The molecule has 0 heterocycles. The number of hydrogen-bond acceptors (Lipinski definition) is 4. The second-order valence-corrected chi connectivity index (χ2v) is 4.56. The van der Waals surface area contributed by atoms with E-state index in [9.17, 15) is 12.8 Å². The van der Waals surface area contributed by atoms with E-state index in [2.05, 4.69) is 0 Å². The third-order valence-corrected chi connectivity index (χ3v) is 3.10. The van der Waals surface area contributed by atoms with E-state index in [0.717, 1.165) is 18.2 Å². The van der Waals surface area contributed by atoms with Gasteiger partial charge in [-0.15, -0.1) is 0 Å². The standard InChI is InChI=1S/C8H7FN2O2S/c9-6-1-2-7(11)8(5-6)14(12,13)4-3-10/h1-2,5H,4,11H2. The molecule has 0 amide bonds. The van der Waals surface area contributed by atoms with E-state index in [1.165, 1.54) is 6.07 Å². The number of nitrogens with zero attached hydrogens (tertiary/aromatic N) is 1. The van der Waals surface area contributed by atoms with Crippen LogP contribution in [-0.4, -0.2) is 14.2 Å². The fourth-order valence-electron chi connectivity index (χ4n) is 0.940. The van der Waals surface area contributed by atoms with E-state index >= 15 is 0 Å². The van der Waals surface area contributed by atoms with E-state index in [4.69, 9.17) is 11.0 Å². The van der Waals surface area contributed by atoms with Crippen molar-refractivity contribution in [1.82, 2.24) is 0 Å². The highest BCUT2D eigenvalue weighted by atomic mass is 32.2.